The Labute approximate surface area is 127 Å². The van der Waals surface area contributed by atoms with Crippen LogP contribution in [0.15, 0.2) is 11.0 Å². The third kappa shape index (κ3) is 5.70. The van der Waals surface area contributed by atoms with Crippen molar-refractivity contribution in [2.75, 3.05) is 45.9 Å². The predicted molar refractivity (Wildman–Crippen MR) is 78.9 cm³/mol. The van der Waals surface area contributed by atoms with Crippen molar-refractivity contribution in [1.29, 1.82) is 0 Å². The van der Waals surface area contributed by atoms with Gasteiger partial charge in [0.05, 0.1) is 13.2 Å². The number of hydrogen-bond acceptors (Lipinski definition) is 5. The third-order valence-corrected chi connectivity index (χ3v) is 3.28. The molecule has 0 unspecified atom stereocenters. The summed E-state index contributed by atoms with van der Waals surface area (Å²) in [5, 5.41) is 6.89. The summed E-state index contributed by atoms with van der Waals surface area (Å²) in [7, 11) is 0. The molecule has 0 spiro atoms. The van der Waals surface area contributed by atoms with Crippen LogP contribution in [0.2, 0.25) is 0 Å². The van der Waals surface area contributed by atoms with Crippen LogP contribution in [0, 0.1) is 0 Å². The fraction of sp³-hybridized carbons (Fsp3) is 0.615. The number of carbonyl (C=O) groups excluding carboxylic acids is 1. The van der Waals surface area contributed by atoms with Crippen LogP contribution in [0.1, 0.15) is 17.4 Å². The SMILES string of the molecule is CCN(CCN1CCOCC1)C(=O)c1c[nH]c(=O)[nH]1.O=CO. The van der Waals surface area contributed by atoms with Crippen LogP contribution in [0.4, 0.5) is 0 Å². The summed E-state index contributed by atoms with van der Waals surface area (Å²) >= 11 is 0. The minimum absolute atomic E-state index is 0.144. The fourth-order valence-electron chi connectivity index (χ4n) is 2.11. The summed E-state index contributed by atoms with van der Waals surface area (Å²) in [6, 6.07) is 0. The second kappa shape index (κ2) is 9.74. The van der Waals surface area contributed by atoms with Gasteiger partial charge >= 0.3 is 5.69 Å². The van der Waals surface area contributed by atoms with Crippen LogP contribution >= 0.6 is 0 Å². The van der Waals surface area contributed by atoms with Gasteiger partial charge in [-0.15, -0.1) is 0 Å². The van der Waals surface area contributed by atoms with E-state index >= 15 is 0 Å². The molecule has 0 bridgehead atoms. The number of ether oxygens (including phenoxy) is 1. The van der Waals surface area contributed by atoms with Crippen molar-refractivity contribution < 1.29 is 19.4 Å². The summed E-state index contributed by atoms with van der Waals surface area (Å²) in [6.45, 7) is 7.12. The van der Waals surface area contributed by atoms with Crippen LogP contribution in [0.25, 0.3) is 0 Å². The normalized spacial score (nSPS) is 14.8. The Bertz CT molecular complexity index is 507. The Balaban J connectivity index is 0.000000745. The van der Waals surface area contributed by atoms with Crippen LogP contribution < -0.4 is 5.69 Å². The summed E-state index contributed by atoms with van der Waals surface area (Å²) in [4.78, 5) is 40.5. The van der Waals surface area contributed by atoms with Gasteiger partial charge in [-0.05, 0) is 6.92 Å². The molecule has 9 heteroatoms. The van der Waals surface area contributed by atoms with E-state index < -0.39 is 0 Å². The zero-order valence-corrected chi connectivity index (χ0v) is 12.6. The lowest BCUT2D eigenvalue weighted by Crippen LogP contribution is -2.43. The zero-order chi connectivity index (χ0) is 16.4. The number of imidazole rings is 1. The minimum atomic E-state index is -0.354. The molecule has 0 aliphatic carbocycles. The molecule has 3 N–H and O–H groups in total. The Morgan fingerprint density at radius 2 is 2.14 bits per heavy atom. The van der Waals surface area contributed by atoms with E-state index in [2.05, 4.69) is 14.9 Å². The summed E-state index contributed by atoms with van der Waals surface area (Å²) < 4.78 is 5.29. The van der Waals surface area contributed by atoms with E-state index in [1.165, 1.54) is 6.20 Å². The number of likely N-dealkylation sites (N-methyl/N-ethyl adjacent to an activating group) is 1. The van der Waals surface area contributed by atoms with Crippen molar-refractivity contribution in [1.82, 2.24) is 19.8 Å². The first-order chi connectivity index (χ1) is 10.6. The highest BCUT2D eigenvalue weighted by Crippen LogP contribution is 2.01. The van der Waals surface area contributed by atoms with Gasteiger partial charge in [0.1, 0.15) is 5.69 Å². The van der Waals surface area contributed by atoms with Crippen LogP contribution in [-0.2, 0) is 9.53 Å². The molecule has 124 valence electrons. The largest absolute Gasteiger partial charge is 0.483 e. The number of nitrogens with one attached hydrogen (secondary N) is 2. The standard InChI is InChI=1S/C12H20N4O3.CH2O2/c1-2-16(4-3-15-5-7-19-8-6-15)11(17)10-9-13-12(18)14-10;2-1-3/h9H,2-8H2,1H3,(H2,13,14,18);1H,(H,2,3). The monoisotopic (exact) mass is 314 g/mol. The maximum atomic E-state index is 12.2. The minimum Gasteiger partial charge on any atom is -0.483 e. The third-order valence-electron chi connectivity index (χ3n) is 3.28. The van der Waals surface area contributed by atoms with E-state index in [9.17, 15) is 9.59 Å². The Morgan fingerprint density at radius 3 is 2.64 bits per heavy atom. The lowest BCUT2D eigenvalue weighted by atomic mass is 10.3. The van der Waals surface area contributed by atoms with Gasteiger partial charge in [-0.25, -0.2) is 4.79 Å². The van der Waals surface area contributed by atoms with E-state index in [-0.39, 0.29) is 18.1 Å². The van der Waals surface area contributed by atoms with Crippen molar-refractivity contribution in [2.45, 2.75) is 6.92 Å². The van der Waals surface area contributed by atoms with E-state index in [1.54, 1.807) is 4.90 Å². The van der Waals surface area contributed by atoms with E-state index in [4.69, 9.17) is 14.6 Å². The molecule has 1 aliphatic heterocycles. The van der Waals surface area contributed by atoms with Gasteiger partial charge in [-0.1, -0.05) is 0 Å². The molecule has 0 aromatic carbocycles. The van der Waals surface area contributed by atoms with Crippen molar-refractivity contribution in [3.8, 4) is 0 Å². The number of carboxylic acid groups (broad SMARTS) is 1. The number of aromatic amines is 2. The zero-order valence-electron chi connectivity index (χ0n) is 12.6. The average molecular weight is 314 g/mol. The highest BCUT2D eigenvalue weighted by molar-refractivity contribution is 5.92. The van der Waals surface area contributed by atoms with Crippen molar-refractivity contribution >= 4 is 12.4 Å². The second-order valence-corrected chi connectivity index (χ2v) is 4.60. The van der Waals surface area contributed by atoms with Gasteiger partial charge in [0.15, 0.2) is 0 Å². The first-order valence-corrected chi connectivity index (χ1v) is 7.07. The number of amides is 1. The quantitative estimate of drug-likeness (QED) is 0.612. The van der Waals surface area contributed by atoms with Crippen LogP contribution in [-0.4, -0.2) is 83.2 Å². The predicted octanol–water partition coefficient (Wildman–Crippen LogP) is -0.802. The molecule has 0 saturated carbocycles. The molecule has 1 aliphatic rings. The number of nitrogens with zero attached hydrogens (tertiary/aromatic N) is 2. The van der Waals surface area contributed by atoms with Crippen molar-refractivity contribution in [3.05, 3.63) is 22.4 Å². The Kier molecular flexibility index (Phi) is 7.94. The molecule has 0 atom stereocenters. The molecule has 1 aromatic rings. The molecule has 2 heterocycles. The summed E-state index contributed by atoms with van der Waals surface area (Å²) in [6.07, 6.45) is 1.42. The summed E-state index contributed by atoms with van der Waals surface area (Å²) in [5.74, 6) is -0.144. The maximum absolute atomic E-state index is 12.2. The van der Waals surface area contributed by atoms with Gasteiger partial charge in [-0.2, -0.15) is 0 Å². The highest BCUT2D eigenvalue weighted by atomic mass is 16.5. The maximum Gasteiger partial charge on any atom is 0.323 e. The van der Waals surface area contributed by atoms with Gasteiger partial charge in [-0.3, -0.25) is 14.5 Å². The lowest BCUT2D eigenvalue weighted by molar-refractivity contribution is -0.122. The molecule has 1 fully saturated rings. The molecule has 0 radical (unpaired) electrons. The molecule has 9 nitrogen and oxygen atoms in total. The summed E-state index contributed by atoms with van der Waals surface area (Å²) in [5.41, 5.74) is -0.0404. The van der Waals surface area contributed by atoms with E-state index in [0.717, 1.165) is 32.8 Å². The number of H-pyrrole nitrogens is 2. The molecule has 1 aromatic heterocycles. The number of hydrogen-bond donors (Lipinski definition) is 3. The molecule has 1 amide bonds. The molecule has 2 rings (SSSR count). The van der Waals surface area contributed by atoms with Crippen LogP contribution in [0.3, 0.4) is 0 Å². The lowest BCUT2D eigenvalue weighted by Gasteiger charge is -2.29. The van der Waals surface area contributed by atoms with Crippen molar-refractivity contribution in [2.24, 2.45) is 0 Å². The first-order valence-electron chi connectivity index (χ1n) is 7.07. The van der Waals surface area contributed by atoms with Gasteiger partial charge < -0.3 is 24.7 Å². The fourth-order valence-corrected chi connectivity index (χ4v) is 2.11. The second-order valence-electron chi connectivity index (χ2n) is 4.60. The smallest absolute Gasteiger partial charge is 0.323 e. The Hall–Kier alpha value is -2.13. The van der Waals surface area contributed by atoms with Gasteiger partial charge in [0, 0.05) is 38.9 Å². The number of aromatic nitrogens is 2. The molecule has 22 heavy (non-hydrogen) atoms. The number of morpholine rings is 1. The average Bonchev–Trinajstić information content (AvgIpc) is 2.96. The van der Waals surface area contributed by atoms with Gasteiger partial charge in [0.2, 0.25) is 0 Å². The van der Waals surface area contributed by atoms with Gasteiger partial charge in [0.25, 0.3) is 12.4 Å². The Morgan fingerprint density at radius 1 is 1.50 bits per heavy atom. The first kappa shape index (κ1) is 17.9. The number of carbonyl (C=O) groups is 2. The highest BCUT2D eigenvalue weighted by Gasteiger charge is 2.17. The van der Waals surface area contributed by atoms with E-state index in [0.29, 0.717) is 18.8 Å². The van der Waals surface area contributed by atoms with E-state index in [1.807, 2.05) is 6.92 Å². The van der Waals surface area contributed by atoms with Crippen LogP contribution in [0.5, 0.6) is 0 Å². The topological polar surface area (TPSA) is 119 Å². The molecular formula is C13H22N4O5. The molecular weight excluding hydrogens is 292 g/mol. The molecule has 1 saturated heterocycles. The van der Waals surface area contributed by atoms with Crippen molar-refractivity contribution in [3.63, 3.8) is 0 Å². The number of rotatable bonds is 5.